The topological polar surface area (TPSA) is 106 Å². The highest BCUT2D eigenvalue weighted by molar-refractivity contribution is 7.89. The second kappa shape index (κ2) is 7.43. The Morgan fingerprint density at radius 2 is 1.91 bits per heavy atom. The lowest BCUT2D eigenvalue weighted by atomic mass is 10.3. The Morgan fingerprint density at radius 3 is 2.59 bits per heavy atom. The van der Waals surface area contributed by atoms with E-state index in [1.807, 2.05) is 23.1 Å². The van der Waals surface area contributed by atoms with Crippen LogP contribution in [0.2, 0.25) is 0 Å². The fourth-order valence-corrected chi connectivity index (χ4v) is 2.32. The largest absolute Gasteiger partial charge is 0.398 e. The minimum absolute atomic E-state index is 0.100. The summed E-state index contributed by atoms with van der Waals surface area (Å²) < 4.78 is 23.7. The van der Waals surface area contributed by atoms with Crippen molar-refractivity contribution in [2.24, 2.45) is 5.73 Å². The maximum Gasteiger partial charge on any atom is 0.271 e. The first-order chi connectivity index (χ1) is 10.6. The third-order valence-electron chi connectivity index (χ3n) is 2.60. The molecule has 116 valence electrons. The number of sulfonamides is 1. The molecular formula is C14H16N4O3S. The van der Waals surface area contributed by atoms with Gasteiger partial charge in [-0.1, -0.05) is 24.3 Å². The van der Waals surface area contributed by atoms with E-state index in [9.17, 15) is 8.42 Å². The molecule has 0 aliphatic carbocycles. The van der Waals surface area contributed by atoms with Crippen molar-refractivity contribution in [3.8, 4) is 0 Å². The van der Waals surface area contributed by atoms with Crippen molar-refractivity contribution in [2.45, 2.75) is 11.4 Å². The molecule has 0 spiro atoms. The molecule has 0 unspecified atom stereocenters. The van der Waals surface area contributed by atoms with Gasteiger partial charge in [0.25, 0.3) is 10.0 Å². The lowest BCUT2D eigenvalue weighted by Gasteiger charge is -2.07. The number of hydrogen-bond donors (Lipinski definition) is 3. The summed E-state index contributed by atoms with van der Waals surface area (Å²) in [7, 11) is -3.74. The summed E-state index contributed by atoms with van der Waals surface area (Å²) in [6.45, 7) is 0.401. The average Bonchev–Trinajstić information content (AvgIpc) is 2.54. The van der Waals surface area contributed by atoms with Crippen LogP contribution in [0.3, 0.4) is 0 Å². The highest BCUT2D eigenvalue weighted by atomic mass is 32.2. The number of nitrogens with zero attached hydrogens (tertiary/aromatic N) is 1. The number of rotatable bonds is 7. The molecule has 0 atom stereocenters. The van der Waals surface area contributed by atoms with Gasteiger partial charge in [-0.05, 0) is 29.2 Å². The Balaban J connectivity index is 1.84. The monoisotopic (exact) mass is 320 g/mol. The van der Waals surface area contributed by atoms with E-state index in [1.54, 1.807) is 24.4 Å². The van der Waals surface area contributed by atoms with Crippen molar-refractivity contribution in [2.75, 3.05) is 0 Å². The number of hydrogen-bond acceptors (Lipinski definition) is 6. The van der Waals surface area contributed by atoms with Crippen LogP contribution in [0.1, 0.15) is 5.69 Å². The van der Waals surface area contributed by atoms with E-state index in [0.29, 0.717) is 6.54 Å². The molecule has 0 saturated carbocycles. The number of nitrogens with one attached hydrogen (secondary N) is 2. The van der Waals surface area contributed by atoms with Crippen molar-refractivity contribution >= 4 is 10.0 Å². The Hall–Kier alpha value is -2.58. The first kappa shape index (κ1) is 15.8. The van der Waals surface area contributed by atoms with Crippen LogP contribution in [0.4, 0.5) is 0 Å². The third-order valence-corrected chi connectivity index (χ3v) is 3.81. The van der Waals surface area contributed by atoms with Gasteiger partial charge in [-0.25, -0.2) is 8.42 Å². The fourth-order valence-electron chi connectivity index (χ4n) is 1.54. The van der Waals surface area contributed by atoms with Gasteiger partial charge in [0.1, 0.15) is 5.82 Å². The SMILES string of the molecule is N/C(=C\ONS(=O)(=O)c1ccccc1)NCc1ccccn1. The molecule has 0 radical (unpaired) electrons. The minimum atomic E-state index is -3.74. The van der Waals surface area contributed by atoms with E-state index in [4.69, 9.17) is 10.6 Å². The van der Waals surface area contributed by atoms with Crippen LogP contribution < -0.4 is 15.9 Å². The molecule has 0 aliphatic heterocycles. The number of pyridine rings is 1. The third kappa shape index (κ3) is 4.76. The molecule has 22 heavy (non-hydrogen) atoms. The van der Waals surface area contributed by atoms with Gasteiger partial charge in [0.05, 0.1) is 17.1 Å². The number of aromatic nitrogens is 1. The zero-order valence-corrected chi connectivity index (χ0v) is 12.5. The molecule has 1 aromatic heterocycles. The predicted octanol–water partition coefficient (Wildman–Crippen LogP) is 0.839. The van der Waals surface area contributed by atoms with Gasteiger partial charge >= 0.3 is 0 Å². The summed E-state index contributed by atoms with van der Waals surface area (Å²) in [4.78, 5) is 11.0. The van der Waals surface area contributed by atoms with Crippen molar-refractivity contribution < 1.29 is 13.3 Å². The van der Waals surface area contributed by atoms with Crippen molar-refractivity contribution in [3.05, 3.63) is 72.5 Å². The molecule has 8 heteroatoms. The van der Waals surface area contributed by atoms with Gasteiger partial charge < -0.3 is 15.9 Å². The maximum atomic E-state index is 11.9. The van der Waals surface area contributed by atoms with Crippen molar-refractivity contribution in [1.29, 1.82) is 0 Å². The first-order valence-corrected chi connectivity index (χ1v) is 7.88. The lowest BCUT2D eigenvalue weighted by molar-refractivity contribution is 0.197. The zero-order valence-electron chi connectivity index (χ0n) is 11.6. The first-order valence-electron chi connectivity index (χ1n) is 6.40. The molecular weight excluding hydrogens is 304 g/mol. The van der Waals surface area contributed by atoms with E-state index < -0.39 is 10.0 Å². The van der Waals surface area contributed by atoms with E-state index >= 15 is 0 Å². The van der Waals surface area contributed by atoms with Gasteiger partial charge in [-0.3, -0.25) is 4.98 Å². The average molecular weight is 320 g/mol. The van der Waals surface area contributed by atoms with Gasteiger partial charge in [0, 0.05) is 6.20 Å². The van der Waals surface area contributed by atoms with Crippen LogP contribution in [-0.4, -0.2) is 13.4 Å². The van der Waals surface area contributed by atoms with Crippen LogP contribution in [0, 0.1) is 0 Å². The van der Waals surface area contributed by atoms with Crippen LogP contribution in [0.15, 0.2) is 71.7 Å². The molecule has 0 bridgehead atoms. The molecule has 0 amide bonds. The minimum Gasteiger partial charge on any atom is -0.398 e. The molecule has 1 heterocycles. The highest BCUT2D eigenvalue weighted by Gasteiger charge is 2.12. The quantitative estimate of drug-likeness (QED) is 0.515. The molecule has 0 fully saturated rings. The summed E-state index contributed by atoms with van der Waals surface area (Å²) >= 11 is 0. The van der Waals surface area contributed by atoms with Gasteiger partial charge in [-0.2, -0.15) is 0 Å². The molecule has 1 aromatic carbocycles. The highest BCUT2D eigenvalue weighted by Crippen LogP contribution is 2.06. The fraction of sp³-hybridized carbons (Fsp3) is 0.0714. The Labute approximate surface area is 128 Å². The lowest BCUT2D eigenvalue weighted by Crippen LogP contribution is -2.25. The van der Waals surface area contributed by atoms with Crippen molar-refractivity contribution in [3.63, 3.8) is 0 Å². The molecule has 4 N–H and O–H groups in total. The number of nitrogens with two attached hydrogens (primary N) is 1. The summed E-state index contributed by atoms with van der Waals surface area (Å²) in [6, 6.07) is 13.4. The van der Waals surface area contributed by atoms with Crippen LogP contribution in [0.25, 0.3) is 0 Å². The molecule has 0 aliphatic rings. The standard InChI is InChI=1S/C14H16N4O3S/c15-14(17-10-12-6-4-5-9-16-12)11-21-18-22(19,20)13-7-2-1-3-8-13/h1-9,11,17-18H,10,15H2/b14-11+. The summed E-state index contributed by atoms with van der Waals surface area (Å²) in [5.41, 5.74) is 6.45. The maximum absolute atomic E-state index is 11.9. The van der Waals surface area contributed by atoms with Gasteiger partial charge in [0.15, 0.2) is 6.26 Å². The van der Waals surface area contributed by atoms with Gasteiger partial charge in [-0.15, -0.1) is 0 Å². The second-order valence-corrected chi connectivity index (χ2v) is 5.91. The molecule has 2 rings (SSSR count). The normalized spacial score (nSPS) is 11.9. The molecule has 2 aromatic rings. The second-order valence-electron chi connectivity index (χ2n) is 4.27. The smallest absolute Gasteiger partial charge is 0.271 e. The molecule has 7 nitrogen and oxygen atoms in total. The van der Waals surface area contributed by atoms with Crippen LogP contribution in [0.5, 0.6) is 0 Å². The zero-order chi connectivity index (χ0) is 15.8. The van der Waals surface area contributed by atoms with E-state index in [0.717, 1.165) is 12.0 Å². The number of benzene rings is 1. The van der Waals surface area contributed by atoms with E-state index in [1.165, 1.54) is 12.1 Å². The molecule has 0 saturated heterocycles. The Kier molecular flexibility index (Phi) is 5.34. The Morgan fingerprint density at radius 1 is 1.18 bits per heavy atom. The van der Waals surface area contributed by atoms with E-state index in [-0.39, 0.29) is 10.7 Å². The predicted molar refractivity (Wildman–Crippen MR) is 81.2 cm³/mol. The summed E-state index contributed by atoms with van der Waals surface area (Å²) in [5.74, 6) is 0.168. The van der Waals surface area contributed by atoms with E-state index in [2.05, 4.69) is 10.3 Å². The van der Waals surface area contributed by atoms with Crippen molar-refractivity contribution in [1.82, 2.24) is 15.2 Å². The van der Waals surface area contributed by atoms with Gasteiger partial charge in [0.2, 0.25) is 0 Å². The summed E-state index contributed by atoms with van der Waals surface area (Å²) in [6.07, 6.45) is 2.74. The summed E-state index contributed by atoms with van der Waals surface area (Å²) in [5, 5.41) is 2.84. The van der Waals surface area contributed by atoms with Crippen LogP contribution in [-0.2, 0) is 21.4 Å². The van der Waals surface area contributed by atoms with Crippen LogP contribution >= 0.6 is 0 Å². The Bertz CT molecular complexity index is 718.